The van der Waals surface area contributed by atoms with Gasteiger partial charge in [0.25, 0.3) is 0 Å². The molecule has 4 rings (SSSR count). The minimum atomic E-state index is -1.07. The molecule has 6 heteroatoms. The van der Waals surface area contributed by atoms with Crippen molar-refractivity contribution in [2.45, 2.75) is 36.9 Å². The molecule has 2 aliphatic rings. The normalized spacial score (nSPS) is 28.3. The summed E-state index contributed by atoms with van der Waals surface area (Å²) in [6, 6.07) is 17.7. The lowest BCUT2D eigenvalue weighted by molar-refractivity contribution is -0.147. The third-order valence-electron chi connectivity index (χ3n) is 4.68. The largest absolute Gasteiger partial charge is 0.457 e. The summed E-state index contributed by atoms with van der Waals surface area (Å²) in [6.07, 6.45) is -3.86. The van der Waals surface area contributed by atoms with Crippen molar-refractivity contribution in [3.8, 4) is 0 Å². The standard InChI is InChI=1S/C20H18O6/c21-15-11-14-18(25-15)16(22)19(24-14)17(12-7-3-1-4-8-12)26-20(23)13-9-5-2-6-10-13/h1-10,14,16-19,22H,11H2/t14-,16-,17-,18+,19+/m1/s1. The number of esters is 2. The lowest BCUT2D eigenvalue weighted by Crippen LogP contribution is -2.37. The van der Waals surface area contributed by atoms with Crippen LogP contribution in [0, 0.1) is 0 Å². The molecule has 0 amide bonds. The molecule has 6 nitrogen and oxygen atoms in total. The molecular formula is C20H18O6. The van der Waals surface area contributed by atoms with Crippen molar-refractivity contribution < 1.29 is 28.9 Å². The summed E-state index contributed by atoms with van der Waals surface area (Å²) in [4.78, 5) is 24.0. The summed E-state index contributed by atoms with van der Waals surface area (Å²) < 4.78 is 16.7. The number of fused-ring (bicyclic) bond motifs is 1. The summed E-state index contributed by atoms with van der Waals surface area (Å²) in [5, 5.41) is 10.6. The van der Waals surface area contributed by atoms with Crippen molar-refractivity contribution in [3.63, 3.8) is 0 Å². The van der Waals surface area contributed by atoms with Gasteiger partial charge in [0, 0.05) is 0 Å². The minimum Gasteiger partial charge on any atom is -0.457 e. The van der Waals surface area contributed by atoms with Crippen LogP contribution in [0.2, 0.25) is 0 Å². The molecule has 2 aromatic rings. The lowest BCUT2D eigenvalue weighted by Gasteiger charge is -2.27. The molecule has 2 aromatic carbocycles. The molecule has 134 valence electrons. The number of ether oxygens (including phenoxy) is 3. The van der Waals surface area contributed by atoms with Gasteiger partial charge in [-0.1, -0.05) is 48.5 Å². The van der Waals surface area contributed by atoms with E-state index in [0.717, 1.165) is 0 Å². The van der Waals surface area contributed by atoms with Crippen molar-refractivity contribution in [1.82, 2.24) is 0 Å². The highest BCUT2D eigenvalue weighted by Crippen LogP contribution is 2.39. The predicted molar refractivity (Wildman–Crippen MR) is 90.2 cm³/mol. The number of carbonyl (C=O) groups is 2. The van der Waals surface area contributed by atoms with E-state index in [1.54, 1.807) is 36.4 Å². The SMILES string of the molecule is O=C1C[C@H]2O[C@H]([C@H](OC(=O)c3ccccc3)c3ccccc3)[C@H](O)[C@H]2O1. The van der Waals surface area contributed by atoms with E-state index in [0.29, 0.717) is 11.1 Å². The average molecular weight is 354 g/mol. The molecule has 0 spiro atoms. The minimum absolute atomic E-state index is 0.0897. The number of rotatable bonds is 4. The zero-order valence-corrected chi connectivity index (χ0v) is 13.9. The van der Waals surface area contributed by atoms with Crippen LogP contribution in [0.25, 0.3) is 0 Å². The smallest absolute Gasteiger partial charge is 0.338 e. The molecule has 0 aliphatic carbocycles. The second-order valence-corrected chi connectivity index (χ2v) is 6.39. The van der Waals surface area contributed by atoms with Crippen LogP contribution in [-0.2, 0) is 19.0 Å². The zero-order valence-electron chi connectivity index (χ0n) is 13.9. The van der Waals surface area contributed by atoms with Gasteiger partial charge in [-0.2, -0.15) is 0 Å². The quantitative estimate of drug-likeness (QED) is 0.846. The fourth-order valence-electron chi connectivity index (χ4n) is 3.42. The first kappa shape index (κ1) is 16.8. The Labute approximate surface area is 150 Å². The van der Waals surface area contributed by atoms with Gasteiger partial charge in [-0.05, 0) is 17.7 Å². The Balaban J connectivity index is 1.60. The van der Waals surface area contributed by atoms with E-state index < -0.39 is 42.5 Å². The van der Waals surface area contributed by atoms with E-state index in [9.17, 15) is 14.7 Å². The molecule has 0 unspecified atom stereocenters. The topological polar surface area (TPSA) is 82.1 Å². The summed E-state index contributed by atoms with van der Waals surface area (Å²) in [7, 11) is 0. The van der Waals surface area contributed by atoms with Gasteiger partial charge in [-0.3, -0.25) is 4.79 Å². The molecule has 26 heavy (non-hydrogen) atoms. The first-order valence-electron chi connectivity index (χ1n) is 8.47. The number of hydrogen-bond donors (Lipinski definition) is 1. The van der Waals surface area contributed by atoms with Crippen molar-refractivity contribution in [2.75, 3.05) is 0 Å². The van der Waals surface area contributed by atoms with E-state index >= 15 is 0 Å². The highest BCUT2D eigenvalue weighted by atomic mass is 16.6. The number of benzene rings is 2. The maximum atomic E-state index is 12.5. The molecule has 2 saturated heterocycles. The summed E-state index contributed by atoms with van der Waals surface area (Å²) in [5.41, 5.74) is 1.11. The molecule has 0 aromatic heterocycles. The molecule has 5 atom stereocenters. The molecule has 2 aliphatic heterocycles. The molecule has 0 bridgehead atoms. The molecule has 1 N–H and O–H groups in total. The van der Waals surface area contributed by atoms with Crippen LogP contribution >= 0.6 is 0 Å². The lowest BCUT2D eigenvalue weighted by atomic mass is 9.98. The van der Waals surface area contributed by atoms with E-state index in [1.165, 1.54) is 0 Å². The maximum absolute atomic E-state index is 12.5. The van der Waals surface area contributed by atoms with Gasteiger partial charge < -0.3 is 19.3 Å². The van der Waals surface area contributed by atoms with Crippen LogP contribution in [0.1, 0.15) is 28.4 Å². The number of aliphatic hydroxyl groups excluding tert-OH is 1. The maximum Gasteiger partial charge on any atom is 0.338 e. The Morgan fingerprint density at radius 3 is 2.38 bits per heavy atom. The summed E-state index contributed by atoms with van der Waals surface area (Å²) >= 11 is 0. The van der Waals surface area contributed by atoms with E-state index in [4.69, 9.17) is 14.2 Å². The number of aliphatic hydroxyl groups is 1. The van der Waals surface area contributed by atoms with Crippen molar-refractivity contribution in [1.29, 1.82) is 0 Å². The molecule has 2 heterocycles. The monoisotopic (exact) mass is 354 g/mol. The molecule has 2 fully saturated rings. The van der Waals surface area contributed by atoms with Crippen LogP contribution < -0.4 is 0 Å². The van der Waals surface area contributed by atoms with Gasteiger partial charge in [0.15, 0.2) is 12.2 Å². The second kappa shape index (κ2) is 6.90. The third-order valence-corrected chi connectivity index (χ3v) is 4.68. The average Bonchev–Trinajstić information content (AvgIpc) is 3.18. The van der Waals surface area contributed by atoms with Gasteiger partial charge in [0.05, 0.1) is 12.0 Å². The van der Waals surface area contributed by atoms with Crippen LogP contribution in [0.4, 0.5) is 0 Å². The van der Waals surface area contributed by atoms with Crippen molar-refractivity contribution in [2.24, 2.45) is 0 Å². The Morgan fingerprint density at radius 1 is 1.08 bits per heavy atom. The van der Waals surface area contributed by atoms with E-state index in [-0.39, 0.29) is 6.42 Å². The highest BCUT2D eigenvalue weighted by Gasteiger charge is 2.54. The van der Waals surface area contributed by atoms with Gasteiger partial charge in [-0.15, -0.1) is 0 Å². The molecule has 0 saturated carbocycles. The van der Waals surface area contributed by atoms with Gasteiger partial charge in [-0.25, -0.2) is 4.79 Å². The van der Waals surface area contributed by atoms with E-state index in [1.807, 2.05) is 24.3 Å². The Morgan fingerprint density at radius 2 is 1.73 bits per heavy atom. The summed E-state index contributed by atoms with van der Waals surface area (Å²) in [5.74, 6) is -0.903. The van der Waals surface area contributed by atoms with Crippen LogP contribution in [0.5, 0.6) is 0 Å². The van der Waals surface area contributed by atoms with Gasteiger partial charge in [0.1, 0.15) is 18.3 Å². The fourth-order valence-corrected chi connectivity index (χ4v) is 3.42. The van der Waals surface area contributed by atoms with E-state index in [2.05, 4.69) is 0 Å². The van der Waals surface area contributed by atoms with Gasteiger partial charge in [0.2, 0.25) is 0 Å². The second-order valence-electron chi connectivity index (χ2n) is 6.39. The third kappa shape index (κ3) is 3.09. The molecular weight excluding hydrogens is 336 g/mol. The number of carbonyl (C=O) groups excluding carboxylic acids is 2. The summed E-state index contributed by atoms with van der Waals surface area (Å²) in [6.45, 7) is 0. The van der Waals surface area contributed by atoms with Crippen LogP contribution in [0.15, 0.2) is 60.7 Å². The first-order chi connectivity index (χ1) is 12.6. The van der Waals surface area contributed by atoms with Gasteiger partial charge >= 0.3 is 11.9 Å². The molecule has 0 radical (unpaired) electrons. The van der Waals surface area contributed by atoms with Crippen molar-refractivity contribution in [3.05, 3.63) is 71.8 Å². The van der Waals surface area contributed by atoms with Crippen LogP contribution in [-0.4, -0.2) is 41.5 Å². The Hall–Kier alpha value is -2.70. The predicted octanol–water partition coefficient (Wildman–Crippen LogP) is 2.03. The number of hydrogen-bond acceptors (Lipinski definition) is 6. The Bertz CT molecular complexity index is 790. The Kier molecular flexibility index (Phi) is 4.44. The zero-order chi connectivity index (χ0) is 18.1. The highest BCUT2D eigenvalue weighted by molar-refractivity contribution is 5.89. The fraction of sp³-hybridized carbons (Fsp3) is 0.300. The first-order valence-corrected chi connectivity index (χ1v) is 8.47. The van der Waals surface area contributed by atoms with Crippen LogP contribution in [0.3, 0.4) is 0 Å². The van der Waals surface area contributed by atoms with Crippen molar-refractivity contribution >= 4 is 11.9 Å².